The summed E-state index contributed by atoms with van der Waals surface area (Å²) >= 11 is 0. The topological polar surface area (TPSA) is 30.5 Å². The van der Waals surface area contributed by atoms with Gasteiger partial charge in [-0.1, -0.05) is 19.9 Å². The number of rotatable bonds is 4. The largest absolute Gasteiger partial charge is 0.494 e. The van der Waals surface area contributed by atoms with E-state index < -0.39 is 0 Å². The first-order valence-electron chi connectivity index (χ1n) is 6.84. The standard InChI is InChI=1S/C15H22FNO2/c1-4-15(5-2)10-19-14(9-17-15)11-6-7-13(18-3)12(16)8-11/h6-8,14,17H,4-5,9-10H2,1-3H3. The Morgan fingerprint density at radius 1 is 1.42 bits per heavy atom. The molecular weight excluding hydrogens is 245 g/mol. The van der Waals surface area contributed by atoms with Crippen LogP contribution in [0.5, 0.6) is 5.75 Å². The van der Waals surface area contributed by atoms with Crippen molar-refractivity contribution in [3.05, 3.63) is 29.6 Å². The Kier molecular flexibility index (Phi) is 4.42. The lowest BCUT2D eigenvalue weighted by Gasteiger charge is -2.40. The third-order valence-electron chi connectivity index (χ3n) is 4.12. The fourth-order valence-electron chi connectivity index (χ4n) is 2.48. The number of morpholine rings is 1. The molecule has 4 heteroatoms. The average Bonchev–Trinajstić information content (AvgIpc) is 2.47. The Hall–Kier alpha value is -1.13. The Labute approximate surface area is 114 Å². The van der Waals surface area contributed by atoms with E-state index in [1.54, 1.807) is 6.07 Å². The number of hydrogen-bond donors (Lipinski definition) is 1. The SMILES string of the molecule is CCC1(CC)COC(c2ccc(OC)c(F)c2)CN1. The maximum Gasteiger partial charge on any atom is 0.165 e. The van der Waals surface area contributed by atoms with Crippen molar-refractivity contribution in [2.45, 2.75) is 38.3 Å². The van der Waals surface area contributed by atoms with Gasteiger partial charge in [0.15, 0.2) is 11.6 Å². The zero-order valence-corrected chi connectivity index (χ0v) is 11.8. The fourth-order valence-corrected chi connectivity index (χ4v) is 2.48. The maximum absolute atomic E-state index is 13.7. The second-order valence-corrected chi connectivity index (χ2v) is 5.06. The Bertz CT molecular complexity index is 422. The number of hydrogen-bond acceptors (Lipinski definition) is 3. The second kappa shape index (κ2) is 5.88. The molecule has 19 heavy (non-hydrogen) atoms. The van der Waals surface area contributed by atoms with Crippen LogP contribution in [-0.2, 0) is 4.74 Å². The predicted molar refractivity (Wildman–Crippen MR) is 73.0 cm³/mol. The first-order valence-corrected chi connectivity index (χ1v) is 6.84. The van der Waals surface area contributed by atoms with Gasteiger partial charge < -0.3 is 14.8 Å². The quantitative estimate of drug-likeness (QED) is 0.909. The average molecular weight is 267 g/mol. The monoisotopic (exact) mass is 267 g/mol. The molecule has 1 aromatic rings. The van der Waals surface area contributed by atoms with Crippen LogP contribution in [0.4, 0.5) is 4.39 Å². The zero-order chi connectivity index (χ0) is 13.9. The van der Waals surface area contributed by atoms with Crippen LogP contribution in [0.25, 0.3) is 0 Å². The molecule has 1 fully saturated rings. The first kappa shape index (κ1) is 14.3. The molecule has 106 valence electrons. The third kappa shape index (κ3) is 2.90. The van der Waals surface area contributed by atoms with Crippen molar-refractivity contribution >= 4 is 0 Å². The highest BCUT2D eigenvalue weighted by molar-refractivity contribution is 5.31. The molecule has 0 spiro atoms. The summed E-state index contributed by atoms with van der Waals surface area (Å²) in [5.41, 5.74) is 0.924. The molecule has 3 nitrogen and oxygen atoms in total. The van der Waals surface area contributed by atoms with Crippen molar-refractivity contribution in [1.82, 2.24) is 5.32 Å². The number of benzene rings is 1. The summed E-state index contributed by atoms with van der Waals surface area (Å²) in [6, 6.07) is 5.00. The fraction of sp³-hybridized carbons (Fsp3) is 0.600. The van der Waals surface area contributed by atoms with Gasteiger partial charge in [-0.15, -0.1) is 0 Å². The molecule has 1 heterocycles. The molecule has 0 amide bonds. The van der Waals surface area contributed by atoms with E-state index in [0.29, 0.717) is 13.2 Å². The maximum atomic E-state index is 13.7. The van der Waals surface area contributed by atoms with Crippen LogP contribution >= 0.6 is 0 Å². The molecule has 1 atom stereocenters. The van der Waals surface area contributed by atoms with E-state index in [9.17, 15) is 4.39 Å². The molecule has 0 saturated carbocycles. The van der Waals surface area contributed by atoms with Crippen LogP contribution in [-0.4, -0.2) is 25.8 Å². The summed E-state index contributed by atoms with van der Waals surface area (Å²) in [6.07, 6.45) is 1.98. The molecule has 1 aliphatic rings. The lowest BCUT2D eigenvalue weighted by Crippen LogP contribution is -2.54. The molecule has 1 N–H and O–H groups in total. The van der Waals surface area contributed by atoms with Gasteiger partial charge in [0, 0.05) is 12.1 Å². The normalized spacial score (nSPS) is 22.2. The smallest absolute Gasteiger partial charge is 0.165 e. The van der Waals surface area contributed by atoms with E-state index in [2.05, 4.69) is 19.2 Å². The molecule has 0 radical (unpaired) electrons. The molecule has 0 aromatic heterocycles. The molecule has 0 aliphatic carbocycles. The molecule has 1 saturated heterocycles. The molecule has 0 bridgehead atoms. The second-order valence-electron chi connectivity index (χ2n) is 5.06. The van der Waals surface area contributed by atoms with Gasteiger partial charge in [0.2, 0.25) is 0 Å². The van der Waals surface area contributed by atoms with Gasteiger partial charge in [0.05, 0.1) is 19.8 Å². The lowest BCUT2D eigenvalue weighted by molar-refractivity contribution is -0.0375. The summed E-state index contributed by atoms with van der Waals surface area (Å²) in [5.74, 6) is -0.0737. The zero-order valence-electron chi connectivity index (χ0n) is 11.8. The van der Waals surface area contributed by atoms with Crippen molar-refractivity contribution in [3.8, 4) is 5.75 Å². The van der Waals surface area contributed by atoms with Gasteiger partial charge in [-0.3, -0.25) is 0 Å². The molecule has 1 aromatic carbocycles. The minimum atomic E-state index is -0.341. The summed E-state index contributed by atoms with van der Waals surface area (Å²) in [4.78, 5) is 0. The Morgan fingerprint density at radius 2 is 2.16 bits per heavy atom. The van der Waals surface area contributed by atoms with E-state index >= 15 is 0 Å². The summed E-state index contributed by atoms with van der Waals surface area (Å²) in [7, 11) is 1.47. The van der Waals surface area contributed by atoms with Gasteiger partial charge in [-0.25, -0.2) is 4.39 Å². The van der Waals surface area contributed by atoms with Gasteiger partial charge in [-0.2, -0.15) is 0 Å². The van der Waals surface area contributed by atoms with Crippen molar-refractivity contribution in [2.24, 2.45) is 0 Å². The van der Waals surface area contributed by atoms with Crippen LogP contribution in [0.15, 0.2) is 18.2 Å². The van der Waals surface area contributed by atoms with Gasteiger partial charge in [-0.05, 0) is 30.5 Å². The summed E-state index contributed by atoms with van der Waals surface area (Å²) in [6.45, 7) is 5.70. The van der Waals surface area contributed by atoms with E-state index in [1.807, 2.05) is 6.07 Å². The predicted octanol–water partition coefficient (Wildman–Crippen LogP) is 3.05. The highest BCUT2D eigenvalue weighted by atomic mass is 19.1. The molecule has 1 aliphatic heterocycles. The Balaban J connectivity index is 2.07. The highest BCUT2D eigenvalue weighted by Gasteiger charge is 2.33. The van der Waals surface area contributed by atoms with E-state index in [4.69, 9.17) is 9.47 Å². The van der Waals surface area contributed by atoms with Crippen molar-refractivity contribution < 1.29 is 13.9 Å². The van der Waals surface area contributed by atoms with Crippen molar-refractivity contribution in [2.75, 3.05) is 20.3 Å². The minimum Gasteiger partial charge on any atom is -0.494 e. The van der Waals surface area contributed by atoms with Crippen LogP contribution in [0, 0.1) is 5.82 Å². The number of ether oxygens (including phenoxy) is 2. The highest BCUT2D eigenvalue weighted by Crippen LogP contribution is 2.29. The molecular formula is C15H22FNO2. The number of methoxy groups -OCH3 is 1. The van der Waals surface area contributed by atoms with E-state index in [0.717, 1.165) is 18.4 Å². The number of halogens is 1. The summed E-state index contributed by atoms with van der Waals surface area (Å²) < 4.78 is 24.5. The van der Waals surface area contributed by atoms with Crippen LogP contribution in [0.3, 0.4) is 0 Å². The lowest BCUT2D eigenvalue weighted by atomic mass is 9.91. The minimum absolute atomic E-state index is 0.0709. The molecule has 1 unspecified atom stereocenters. The van der Waals surface area contributed by atoms with E-state index in [-0.39, 0.29) is 23.2 Å². The summed E-state index contributed by atoms with van der Waals surface area (Å²) in [5, 5.41) is 3.55. The van der Waals surface area contributed by atoms with Gasteiger partial charge in [0.1, 0.15) is 0 Å². The van der Waals surface area contributed by atoms with Crippen molar-refractivity contribution in [1.29, 1.82) is 0 Å². The van der Waals surface area contributed by atoms with Crippen molar-refractivity contribution in [3.63, 3.8) is 0 Å². The van der Waals surface area contributed by atoms with Crippen LogP contribution in [0.2, 0.25) is 0 Å². The number of nitrogens with one attached hydrogen (secondary N) is 1. The van der Waals surface area contributed by atoms with Gasteiger partial charge in [0.25, 0.3) is 0 Å². The third-order valence-corrected chi connectivity index (χ3v) is 4.12. The van der Waals surface area contributed by atoms with E-state index in [1.165, 1.54) is 13.2 Å². The van der Waals surface area contributed by atoms with Crippen LogP contribution in [0.1, 0.15) is 38.4 Å². The Morgan fingerprint density at radius 3 is 2.63 bits per heavy atom. The van der Waals surface area contributed by atoms with Crippen LogP contribution < -0.4 is 10.1 Å². The van der Waals surface area contributed by atoms with Gasteiger partial charge >= 0.3 is 0 Å². The first-order chi connectivity index (χ1) is 9.14. The molecule has 2 rings (SSSR count).